The van der Waals surface area contributed by atoms with E-state index in [9.17, 15) is 14.4 Å². The Kier molecular flexibility index (Phi) is 4.79. The van der Waals surface area contributed by atoms with Gasteiger partial charge in [-0.1, -0.05) is 18.2 Å². The second-order valence-electron chi connectivity index (χ2n) is 5.07. The van der Waals surface area contributed by atoms with Crippen molar-refractivity contribution in [2.24, 2.45) is 0 Å². The van der Waals surface area contributed by atoms with Gasteiger partial charge in [0.25, 0.3) is 10.5 Å². The number of fused-ring (bicyclic) bond motifs is 1. The molecule has 0 N–H and O–H groups in total. The molecular weight excluding hydrogens is 365 g/mol. The van der Waals surface area contributed by atoms with Gasteiger partial charge >= 0.3 is 5.97 Å². The van der Waals surface area contributed by atoms with Crippen molar-refractivity contribution in [1.82, 2.24) is 4.98 Å². The summed E-state index contributed by atoms with van der Waals surface area (Å²) < 4.78 is 5.37. The lowest BCUT2D eigenvalue weighted by atomic mass is 10.1. The number of ether oxygens (including phenoxy) is 1. The molecule has 7 heteroatoms. The maximum atomic E-state index is 12.4. The molecule has 124 valence electrons. The first-order valence-electron chi connectivity index (χ1n) is 7.06. The van der Waals surface area contributed by atoms with E-state index in [1.165, 1.54) is 18.2 Å². The number of para-hydroxylation sites is 1. The van der Waals surface area contributed by atoms with Gasteiger partial charge in [-0.15, -0.1) is 0 Å². The molecule has 0 unspecified atom stereocenters. The van der Waals surface area contributed by atoms with Gasteiger partial charge in [0.15, 0.2) is 5.75 Å². The standard InChI is InChI=1S/C18H9Cl2NO4/c19-16(22)11-7-12(17(20)23)9-13(8-11)18(24)25-14-5-1-3-10-4-2-6-21-15(10)14/h1-9H. The fourth-order valence-electron chi connectivity index (χ4n) is 2.29. The van der Waals surface area contributed by atoms with Crippen LogP contribution in [0.1, 0.15) is 31.1 Å². The summed E-state index contributed by atoms with van der Waals surface area (Å²) in [6.07, 6.45) is 1.58. The maximum absolute atomic E-state index is 12.4. The summed E-state index contributed by atoms with van der Waals surface area (Å²) >= 11 is 10.9. The van der Waals surface area contributed by atoms with Crippen LogP contribution in [0.4, 0.5) is 0 Å². The first kappa shape index (κ1) is 17.1. The van der Waals surface area contributed by atoms with Crippen molar-refractivity contribution in [1.29, 1.82) is 0 Å². The molecule has 3 rings (SSSR count). The van der Waals surface area contributed by atoms with E-state index in [1.807, 2.05) is 12.1 Å². The second-order valence-corrected chi connectivity index (χ2v) is 5.75. The minimum Gasteiger partial charge on any atom is -0.421 e. The number of halogens is 2. The minimum atomic E-state index is -0.819. The largest absolute Gasteiger partial charge is 0.421 e. The van der Waals surface area contributed by atoms with Gasteiger partial charge in [0.2, 0.25) is 0 Å². The van der Waals surface area contributed by atoms with Crippen molar-refractivity contribution in [2.45, 2.75) is 0 Å². The summed E-state index contributed by atoms with van der Waals surface area (Å²) in [6, 6.07) is 12.4. The van der Waals surface area contributed by atoms with Crippen LogP contribution in [0, 0.1) is 0 Å². The minimum absolute atomic E-state index is 0.0246. The SMILES string of the molecule is O=C(Cl)c1cc(C(=O)Cl)cc(C(=O)Oc2cccc3cccnc23)c1. The van der Waals surface area contributed by atoms with Crippen LogP contribution < -0.4 is 4.74 Å². The molecule has 0 bridgehead atoms. The van der Waals surface area contributed by atoms with Crippen LogP contribution >= 0.6 is 23.2 Å². The first-order chi connectivity index (χ1) is 12.0. The maximum Gasteiger partial charge on any atom is 0.343 e. The molecule has 5 nitrogen and oxygen atoms in total. The molecule has 0 aliphatic carbocycles. The molecule has 0 radical (unpaired) electrons. The molecule has 3 aromatic rings. The monoisotopic (exact) mass is 373 g/mol. The molecule has 1 aromatic heterocycles. The van der Waals surface area contributed by atoms with Crippen LogP contribution in [0.25, 0.3) is 10.9 Å². The molecule has 0 amide bonds. The number of hydrogen-bond acceptors (Lipinski definition) is 5. The zero-order valence-electron chi connectivity index (χ0n) is 12.5. The van der Waals surface area contributed by atoms with E-state index in [0.717, 1.165) is 5.39 Å². The van der Waals surface area contributed by atoms with Crippen molar-refractivity contribution < 1.29 is 19.1 Å². The number of carbonyl (C=O) groups is 3. The van der Waals surface area contributed by atoms with Crippen molar-refractivity contribution >= 4 is 50.6 Å². The Morgan fingerprint density at radius 2 is 1.44 bits per heavy atom. The highest BCUT2D eigenvalue weighted by Gasteiger charge is 2.17. The number of rotatable bonds is 4. The molecule has 0 spiro atoms. The number of hydrogen-bond donors (Lipinski definition) is 0. The number of esters is 1. The quantitative estimate of drug-likeness (QED) is 0.389. The highest BCUT2D eigenvalue weighted by atomic mass is 35.5. The highest BCUT2D eigenvalue weighted by molar-refractivity contribution is 6.69. The fourth-order valence-corrected chi connectivity index (χ4v) is 2.51. The Hall–Kier alpha value is -2.76. The lowest BCUT2D eigenvalue weighted by Gasteiger charge is -2.08. The smallest absolute Gasteiger partial charge is 0.343 e. The van der Waals surface area contributed by atoms with Crippen molar-refractivity contribution in [3.05, 3.63) is 71.4 Å². The third kappa shape index (κ3) is 3.68. The first-order valence-corrected chi connectivity index (χ1v) is 7.82. The molecule has 0 saturated carbocycles. The van der Waals surface area contributed by atoms with Crippen LogP contribution in [-0.4, -0.2) is 21.4 Å². The summed E-state index contributed by atoms with van der Waals surface area (Å²) in [5, 5.41) is -0.838. The Morgan fingerprint density at radius 3 is 2.08 bits per heavy atom. The van der Waals surface area contributed by atoms with Gasteiger partial charge in [0.05, 0.1) is 5.56 Å². The summed E-state index contributed by atoms with van der Waals surface area (Å²) in [5.74, 6) is -0.512. The molecular formula is C18H9Cl2NO4. The van der Waals surface area contributed by atoms with Gasteiger partial charge in [-0.05, 0) is 53.5 Å². The van der Waals surface area contributed by atoms with E-state index in [4.69, 9.17) is 27.9 Å². The molecule has 0 atom stereocenters. The molecule has 0 aliphatic rings. The van der Waals surface area contributed by atoms with E-state index in [1.54, 1.807) is 24.4 Å². The van der Waals surface area contributed by atoms with Gasteiger partial charge in [-0.25, -0.2) is 4.79 Å². The average Bonchev–Trinajstić information content (AvgIpc) is 2.61. The normalized spacial score (nSPS) is 10.5. The van der Waals surface area contributed by atoms with Gasteiger partial charge in [-0.2, -0.15) is 0 Å². The number of carbonyl (C=O) groups excluding carboxylic acids is 3. The van der Waals surface area contributed by atoms with Crippen LogP contribution in [0.3, 0.4) is 0 Å². The zero-order valence-corrected chi connectivity index (χ0v) is 14.0. The molecule has 1 heterocycles. The third-order valence-electron chi connectivity index (χ3n) is 3.42. The summed E-state index contributed by atoms with van der Waals surface area (Å²) in [7, 11) is 0. The van der Waals surface area contributed by atoms with Gasteiger partial charge in [-0.3, -0.25) is 14.6 Å². The fraction of sp³-hybridized carbons (Fsp3) is 0. The summed E-state index contributed by atoms with van der Waals surface area (Å²) in [5.41, 5.74) is 0.423. The summed E-state index contributed by atoms with van der Waals surface area (Å²) in [4.78, 5) is 39.4. The van der Waals surface area contributed by atoms with E-state index in [2.05, 4.69) is 4.98 Å². The molecule has 25 heavy (non-hydrogen) atoms. The number of nitrogens with zero attached hydrogens (tertiary/aromatic N) is 1. The van der Waals surface area contributed by atoms with Gasteiger partial charge < -0.3 is 4.74 Å². The number of aromatic nitrogens is 1. The van der Waals surface area contributed by atoms with Gasteiger partial charge in [0, 0.05) is 22.7 Å². The van der Waals surface area contributed by atoms with E-state index < -0.39 is 16.5 Å². The Labute approximate surface area is 152 Å². The van der Waals surface area contributed by atoms with E-state index in [0.29, 0.717) is 5.52 Å². The van der Waals surface area contributed by atoms with Crippen LogP contribution in [0.2, 0.25) is 0 Å². The van der Waals surface area contributed by atoms with Crippen LogP contribution in [0.5, 0.6) is 5.75 Å². The van der Waals surface area contributed by atoms with Crippen molar-refractivity contribution in [2.75, 3.05) is 0 Å². The number of pyridine rings is 1. The Bertz CT molecular complexity index is 979. The molecule has 2 aromatic carbocycles. The average molecular weight is 374 g/mol. The molecule has 0 aliphatic heterocycles. The summed E-state index contributed by atoms with van der Waals surface area (Å²) in [6.45, 7) is 0. The predicted molar refractivity (Wildman–Crippen MR) is 93.5 cm³/mol. The lowest BCUT2D eigenvalue weighted by molar-refractivity contribution is 0.0736. The Balaban J connectivity index is 2.00. The second kappa shape index (κ2) is 7.01. The molecule has 0 fully saturated rings. The predicted octanol–water partition coefficient (Wildman–Crippen LogP) is 4.21. The third-order valence-corrected chi connectivity index (χ3v) is 3.86. The Morgan fingerprint density at radius 1 is 0.840 bits per heavy atom. The topological polar surface area (TPSA) is 73.3 Å². The van der Waals surface area contributed by atoms with Crippen LogP contribution in [0.15, 0.2) is 54.7 Å². The van der Waals surface area contributed by atoms with Crippen molar-refractivity contribution in [3.8, 4) is 5.75 Å². The lowest BCUT2D eigenvalue weighted by Crippen LogP contribution is -2.11. The number of benzene rings is 2. The van der Waals surface area contributed by atoms with Crippen LogP contribution in [-0.2, 0) is 0 Å². The van der Waals surface area contributed by atoms with Crippen molar-refractivity contribution in [3.63, 3.8) is 0 Å². The molecule has 0 saturated heterocycles. The highest BCUT2D eigenvalue weighted by Crippen LogP contribution is 2.24. The van der Waals surface area contributed by atoms with E-state index >= 15 is 0 Å². The van der Waals surface area contributed by atoms with E-state index in [-0.39, 0.29) is 22.4 Å². The van der Waals surface area contributed by atoms with Gasteiger partial charge in [0.1, 0.15) is 5.52 Å². The zero-order chi connectivity index (χ0) is 18.0.